The highest BCUT2D eigenvalue weighted by molar-refractivity contribution is 7.89. The van der Waals surface area contributed by atoms with Gasteiger partial charge in [-0.25, -0.2) is 27.1 Å². The van der Waals surface area contributed by atoms with Crippen molar-refractivity contribution in [2.45, 2.75) is 18.1 Å². The first-order valence-corrected chi connectivity index (χ1v) is 10.0. The molecule has 0 N–H and O–H groups in total. The average Bonchev–Trinajstić information content (AvgIpc) is 2.66. The Balaban J connectivity index is 1.87. The van der Waals surface area contributed by atoms with Crippen molar-refractivity contribution in [1.82, 2.24) is 14.3 Å². The van der Waals surface area contributed by atoms with Crippen molar-refractivity contribution < 1.29 is 17.5 Å². The van der Waals surface area contributed by atoms with E-state index in [1.165, 1.54) is 16.7 Å². The molecule has 1 fully saturated rings. The van der Waals surface area contributed by atoms with Crippen LogP contribution in [-0.4, -0.2) is 68.3 Å². The third-order valence-corrected chi connectivity index (χ3v) is 7.02. The van der Waals surface area contributed by atoms with E-state index in [1.807, 2.05) is 4.90 Å². The first kappa shape index (κ1) is 18.9. The molecule has 2 aromatic rings. The van der Waals surface area contributed by atoms with E-state index in [2.05, 4.69) is 9.97 Å². The minimum Gasteiger partial charge on any atom is -0.383 e. The molecular weight excluding hydrogens is 359 g/mol. The maximum atomic E-state index is 14.0. The summed E-state index contributed by atoms with van der Waals surface area (Å²) in [6.07, 6.45) is 2.64. The van der Waals surface area contributed by atoms with E-state index in [0.29, 0.717) is 43.9 Å². The maximum Gasteiger partial charge on any atom is 0.218 e. The largest absolute Gasteiger partial charge is 0.383 e. The van der Waals surface area contributed by atoms with Crippen LogP contribution in [0.5, 0.6) is 0 Å². The quantitative estimate of drug-likeness (QED) is 0.756. The van der Waals surface area contributed by atoms with E-state index < -0.39 is 21.1 Å². The van der Waals surface area contributed by atoms with E-state index in [0.717, 1.165) is 6.42 Å². The summed E-state index contributed by atoms with van der Waals surface area (Å²) in [4.78, 5) is 10.2. The molecule has 7 nitrogen and oxygen atoms in total. The molecule has 0 radical (unpaired) electrons. The lowest BCUT2D eigenvalue weighted by atomic mass is 10.1. The number of para-hydroxylation sites is 1. The number of nitrogens with zero attached hydrogens (tertiary/aromatic N) is 4. The van der Waals surface area contributed by atoms with Crippen LogP contribution in [0.4, 0.5) is 10.2 Å². The van der Waals surface area contributed by atoms with Gasteiger partial charge in [0.25, 0.3) is 0 Å². The van der Waals surface area contributed by atoms with Gasteiger partial charge in [-0.1, -0.05) is 6.07 Å². The van der Waals surface area contributed by atoms with Gasteiger partial charge in [-0.2, -0.15) is 0 Å². The van der Waals surface area contributed by atoms with Crippen molar-refractivity contribution in [3.05, 3.63) is 30.3 Å². The van der Waals surface area contributed by atoms with Crippen LogP contribution in [0, 0.1) is 5.82 Å². The van der Waals surface area contributed by atoms with Crippen LogP contribution in [0.25, 0.3) is 10.9 Å². The predicted molar refractivity (Wildman–Crippen MR) is 98.2 cm³/mol. The summed E-state index contributed by atoms with van der Waals surface area (Å²) in [6, 6.07) is 4.73. The fourth-order valence-corrected chi connectivity index (χ4v) is 4.94. The molecule has 1 unspecified atom stereocenters. The number of benzene rings is 1. The lowest BCUT2D eigenvalue weighted by Crippen LogP contribution is -2.47. The summed E-state index contributed by atoms with van der Waals surface area (Å²) < 4.78 is 46.0. The minimum absolute atomic E-state index is 0.250. The fraction of sp³-hybridized carbons (Fsp3) is 0.529. The van der Waals surface area contributed by atoms with Gasteiger partial charge in [0.1, 0.15) is 23.5 Å². The number of hydrogen-bond acceptors (Lipinski definition) is 6. The van der Waals surface area contributed by atoms with Gasteiger partial charge < -0.3 is 9.64 Å². The molecule has 1 aliphatic heterocycles. The van der Waals surface area contributed by atoms with E-state index in [1.54, 1.807) is 26.3 Å². The third kappa shape index (κ3) is 3.65. The van der Waals surface area contributed by atoms with E-state index in [9.17, 15) is 12.8 Å². The van der Waals surface area contributed by atoms with Crippen LogP contribution in [0.3, 0.4) is 0 Å². The van der Waals surface area contributed by atoms with Crippen molar-refractivity contribution in [3.8, 4) is 0 Å². The van der Waals surface area contributed by atoms with Crippen molar-refractivity contribution >= 4 is 26.7 Å². The summed E-state index contributed by atoms with van der Waals surface area (Å²) in [5.74, 6) is 0.167. The number of piperidine rings is 1. The van der Waals surface area contributed by atoms with Crippen molar-refractivity contribution in [2.75, 3.05) is 45.3 Å². The zero-order chi connectivity index (χ0) is 18.7. The Morgan fingerprint density at radius 1 is 1.38 bits per heavy atom. The summed E-state index contributed by atoms with van der Waals surface area (Å²) in [6.45, 7) is 1.66. The molecule has 1 aliphatic rings. The van der Waals surface area contributed by atoms with Gasteiger partial charge in [0.05, 0.1) is 11.9 Å². The molecule has 142 valence electrons. The van der Waals surface area contributed by atoms with Crippen LogP contribution in [0.1, 0.15) is 12.8 Å². The van der Waals surface area contributed by atoms with Gasteiger partial charge in [0, 0.05) is 39.2 Å². The van der Waals surface area contributed by atoms with Crippen LogP contribution < -0.4 is 4.90 Å². The second-order valence-electron chi connectivity index (χ2n) is 6.40. The molecule has 2 heterocycles. The molecule has 0 saturated carbocycles. The maximum absolute atomic E-state index is 14.0. The highest BCUT2D eigenvalue weighted by Gasteiger charge is 2.34. The zero-order valence-corrected chi connectivity index (χ0v) is 15.7. The van der Waals surface area contributed by atoms with Gasteiger partial charge in [0.2, 0.25) is 10.0 Å². The lowest BCUT2D eigenvalue weighted by Gasteiger charge is -2.35. The number of fused-ring (bicyclic) bond motifs is 1. The molecule has 3 rings (SSSR count). The van der Waals surface area contributed by atoms with Gasteiger partial charge in [-0.3, -0.25) is 0 Å². The molecule has 1 aromatic carbocycles. The molecule has 0 spiro atoms. The molecule has 1 atom stereocenters. The van der Waals surface area contributed by atoms with Crippen LogP contribution in [0.2, 0.25) is 0 Å². The van der Waals surface area contributed by atoms with E-state index in [-0.39, 0.29) is 5.52 Å². The van der Waals surface area contributed by atoms with Crippen molar-refractivity contribution in [3.63, 3.8) is 0 Å². The number of anilines is 1. The lowest BCUT2D eigenvalue weighted by molar-refractivity contribution is 0.184. The van der Waals surface area contributed by atoms with Gasteiger partial charge in [-0.05, 0) is 25.0 Å². The Hall–Kier alpha value is -1.84. The normalized spacial score (nSPS) is 18.6. The smallest absolute Gasteiger partial charge is 0.218 e. The standard InChI is InChI=1S/C17H23FN4O3S/c1-21(9-10-25-2)26(23,24)13-5-4-8-22(11-13)17-14-6-3-7-15(18)16(14)19-12-20-17/h3,6-7,12-13H,4-5,8-11H2,1-2H3. The van der Waals surface area contributed by atoms with Gasteiger partial charge >= 0.3 is 0 Å². The Morgan fingerprint density at radius 3 is 2.96 bits per heavy atom. The third-order valence-electron chi connectivity index (χ3n) is 4.74. The minimum atomic E-state index is -3.44. The number of likely N-dealkylation sites (N-methyl/N-ethyl adjacent to an activating group) is 1. The highest BCUT2D eigenvalue weighted by Crippen LogP contribution is 2.29. The second kappa shape index (κ2) is 7.81. The Labute approximate surface area is 152 Å². The summed E-state index contributed by atoms with van der Waals surface area (Å²) in [7, 11) is -0.326. The molecule has 0 amide bonds. The van der Waals surface area contributed by atoms with Gasteiger partial charge in [-0.15, -0.1) is 0 Å². The summed E-state index contributed by atoms with van der Waals surface area (Å²) >= 11 is 0. The monoisotopic (exact) mass is 382 g/mol. The van der Waals surface area contributed by atoms with Crippen LogP contribution in [-0.2, 0) is 14.8 Å². The topological polar surface area (TPSA) is 75.6 Å². The Bertz CT molecular complexity index is 877. The van der Waals surface area contributed by atoms with Gasteiger partial charge in [0.15, 0.2) is 0 Å². The Kier molecular flexibility index (Phi) is 5.69. The molecule has 1 aromatic heterocycles. The first-order chi connectivity index (χ1) is 12.4. The SMILES string of the molecule is COCCN(C)S(=O)(=O)C1CCCN(c2ncnc3c(F)cccc23)C1. The molecule has 1 saturated heterocycles. The number of methoxy groups -OCH3 is 1. The molecule has 0 aliphatic carbocycles. The fourth-order valence-electron chi connectivity index (χ4n) is 3.27. The number of ether oxygens (including phenoxy) is 1. The summed E-state index contributed by atoms with van der Waals surface area (Å²) in [5, 5.41) is 0.0648. The summed E-state index contributed by atoms with van der Waals surface area (Å²) in [5.41, 5.74) is 0.250. The number of halogens is 1. The molecule has 0 bridgehead atoms. The van der Waals surface area contributed by atoms with E-state index in [4.69, 9.17) is 4.74 Å². The second-order valence-corrected chi connectivity index (χ2v) is 8.72. The average molecular weight is 382 g/mol. The number of rotatable bonds is 6. The molecule has 9 heteroatoms. The first-order valence-electron chi connectivity index (χ1n) is 8.53. The number of sulfonamides is 1. The highest BCUT2D eigenvalue weighted by atomic mass is 32.2. The van der Waals surface area contributed by atoms with Crippen LogP contribution >= 0.6 is 0 Å². The molecule has 26 heavy (non-hydrogen) atoms. The number of aromatic nitrogens is 2. The molecular formula is C17H23FN4O3S. The predicted octanol–water partition coefficient (Wildman–Crippen LogP) is 1.65. The van der Waals surface area contributed by atoms with E-state index >= 15 is 0 Å². The number of hydrogen-bond donors (Lipinski definition) is 0. The zero-order valence-electron chi connectivity index (χ0n) is 14.9. The van der Waals surface area contributed by atoms with Crippen molar-refractivity contribution in [2.24, 2.45) is 0 Å². The van der Waals surface area contributed by atoms with Crippen molar-refractivity contribution in [1.29, 1.82) is 0 Å². The van der Waals surface area contributed by atoms with Crippen LogP contribution in [0.15, 0.2) is 24.5 Å². The Morgan fingerprint density at radius 2 is 2.19 bits per heavy atom.